The van der Waals surface area contributed by atoms with Gasteiger partial charge in [-0.3, -0.25) is 0 Å². The standard InChI is InChI=1S/C16H32O6.2Na/c17-7-5-3-1-2-4-6-9-19-11-13-21-15-16-22-14-12-20-10-8-18;;/h1-16H2;;/q-2;2*+1. The van der Waals surface area contributed by atoms with E-state index < -0.39 is 0 Å². The van der Waals surface area contributed by atoms with Crippen LogP contribution in [0.2, 0.25) is 0 Å². The second kappa shape index (κ2) is 29.5. The predicted octanol–water partition coefficient (Wildman–Crippen LogP) is -5.88. The summed E-state index contributed by atoms with van der Waals surface area (Å²) in [4.78, 5) is 0. The Labute approximate surface area is 191 Å². The van der Waals surface area contributed by atoms with Crippen LogP contribution in [-0.2, 0) is 18.9 Å². The first kappa shape index (κ1) is 30.5. The number of unbranched alkanes of at least 4 members (excludes halogenated alkanes) is 5. The molecular formula is C16H32Na2O6. The molecule has 0 unspecified atom stereocenters. The van der Waals surface area contributed by atoms with Gasteiger partial charge in [-0.25, -0.2) is 0 Å². The number of rotatable bonds is 19. The molecule has 0 aromatic rings. The van der Waals surface area contributed by atoms with Crippen LogP contribution < -0.4 is 69.3 Å². The molecule has 0 saturated carbocycles. The van der Waals surface area contributed by atoms with E-state index in [1.54, 1.807) is 0 Å². The summed E-state index contributed by atoms with van der Waals surface area (Å²) < 4.78 is 21.1. The van der Waals surface area contributed by atoms with Gasteiger partial charge in [-0.15, -0.1) is 13.2 Å². The van der Waals surface area contributed by atoms with Gasteiger partial charge in [0, 0.05) is 13.2 Å². The van der Waals surface area contributed by atoms with E-state index in [0.29, 0.717) is 39.6 Å². The van der Waals surface area contributed by atoms with Gasteiger partial charge in [-0.05, 0) is 6.42 Å². The predicted molar refractivity (Wildman–Crippen MR) is 80.7 cm³/mol. The zero-order valence-corrected chi connectivity index (χ0v) is 19.8. The van der Waals surface area contributed by atoms with E-state index in [1.165, 1.54) is 12.8 Å². The third-order valence-electron chi connectivity index (χ3n) is 3.03. The van der Waals surface area contributed by atoms with Crippen molar-refractivity contribution in [2.45, 2.75) is 38.5 Å². The molecule has 0 aromatic heterocycles. The first-order valence-corrected chi connectivity index (χ1v) is 8.39. The SMILES string of the molecule is [Na+].[Na+].[O-]CCCCCCCCOCCOCCOCCOCC[O-]. The summed E-state index contributed by atoms with van der Waals surface area (Å²) in [5.74, 6) is 0. The van der Waals surface area contributed by atoms with Crippen LogP contribution in [0.5, 0.6) is 0 Å². The Balaban J connectivity index is -0.00000220. The van der Waals surface area contributed by atoms with Crippen molar-refractivity contribution in [3.05, 3.63) is 0 Å². The summed E-state index contributed by atoms with van der Waals surface area (Å²) in [6, 6.07) is 0. The minimum Gasteiger partial charge on any atom is -0.854 e. The van der Waals surface area contributed by atoms with Crippen LogP contribution in [0.15, 0.2) is 0 Å². The van der Waals surface area contributed by atoms with Crippen molar-refractivity contribution >= 4 is 0 Å². The van der Waals surface area contributed by atoms with Crippen molar-refractivity contribution in [2.75, 3.05) is 66.1 Å². The van der Waals surface area contributed by atoms with Gasteiger partial charge in [0.05, 0.1) is 39.6 Å². The van der Waals surface area contributed by atoms with Crippen molar-refractivity contribution < 1.29 is 88.3 Å². The quantitative estimate of drug-likeness (QED) is 0.167. The molecule has 24 heavy (non-hydrogen) atoms. The van der Waals surface area contributed by atoms with Crippen LogP contribution >= 0.6 is 0 Å². The summed E-state index contributed by atoms with van der Waals surface area (Å²) in [6.07, 6.45) is 6.46. The maximum Gasteiger partial charge on any atom is 1.00 e. The first-order chi connectivity index (χ1) is 10.9. The molecule has 0 aliphatic rings. The van der Waals surface area contributed by atoms with Gasteiger partial charge in [0.15, 0.2) is 0 Å². The molecule has 0 rings (SSSR count). The molecule has 0 bridgehead atoms. The van der Waals surface area contributed by atoms with E-state index in [2.05, 4.69) is 0 Å². The van der Waals surface area contributed by atoms with Crippen LogP contribution in [0, 0.1) is 0 Å². The molecule has 0 aliphatic carbocycles. The van der Waals surface area contributed by atoms with E-state index in [1.807, 2.05) is 0 Å². The van der Waals surface area contributed by atoms with Crippen LogP contribution in [-0.4, -0.2) is 66.1 Å². The summed E-state index contributed by atoms with van der Waals surface area (Å²) >= 11 is 0. The van der Waals surface area contributed by atoms with Crippen LogP contribution in [0.1, 0.15) is 38.5 Å². The smallest absolute Gasteiger partial charge is 0.854 e. The van der Waals surface area contributed by atoms with Crippen molar-refractivity contribution in [1.29, 1.82) is 0 Å². The van der Waals surface area contributed by atoms with E-state index in [-0.39, 0.29) is 78.9 Å². The third-order valence-corrected chi connectivity index (χ3v) is 3.03. The molecule has 0 spiro atoms. The fourth-order valence-corrected chi connectivity index (χ4v) is 1.83. The van der Waals surface area contributed by atoms with E-state index in [0.717, 1.165) is 32.3 Å². The maximum atomic E-state index is 10.2. The Hall–Kier alpha value is 1.76. The van der Waals surface area contributed by atoms with Crippen LogP contribution in [0.25, 0.3) is 0 Å². The van der Waals surface area contributed by atoms with Gasteiger partial charge in [0.25, 0.3) is 0 Å². The van der Waals surface area contributed by atoms with Crippen molar-refractivity contribution in [3.8, 4) is 0 Å². The molecule has 0 aromatic carbocycles. The van der Waals surface area contributed by atoms with E-state index >= 15 is 0 Å². The van der Waals surface area contributed by atoms with Gasteiger partial charge in [-0.2, -0.15) is 0 Å². The Morgan fingerprint density at radius 1 is 0.375 bits per heavy atom. The first-order valence-electron chi connectivity index (χ1n) is 8.39. The molecule has 0 saturated heterocycles. The Bertz CT molecular complexity index is 181. The average Bonchev–Trinajstić information content (AvgIpc) is 2.54. The molecule has 0 N–H and O–H groups in total. The second-order valence-corrected chi connectivity index (χ2v) is 4.98. The summed E-state index contributed by atoms with van der Waals surface area (Å²) in [5.41, 5.74) is 0. The van der Waals surface area contributed by atoms with Gasteiger partial charge in [0.1, 0.15) is 0 Å². The monoisotopic (exact) mass is 366 g/mol. The van der Waals surface area contributed by atoms with Gasteiger partial charge in [-0.1, -0.05) is 32.1 Å². The molecular weight excluding hydrogens is 334 g/mol. The Morgan fingerprint density at radius 2 is 0.750 bits per heavy atom. The molecule has 0 heterocycles. The number of hydrogen-bond donors (Lipinski definition) is 0. The normalized spacial score (nSPS) is 10.2. The largest absolute Gasteiger partial charge is 1.00 e. The zero-order chi connectivity index (χ0) is 16.1. The fraction of sp³-hybridized carbons (Fsp3) is 1.00. The molecule has 0 fully saturated rings. The summed E-state index contributed by atoms with van der Waals surface area (Å²) in [6.45, 7) is 4.11. The second-order valence-electron chi connectivity index (χ2n) is 4.98. The van der Waals surface area contributed by atoms with Gasteiger partial charge in [0.2, 0.25) is 0 Å². The van der Waals surface area contributed by atoms with Crippen LogP contribution in [0.3, 0.4) is 0 Å². The van der Waals surface area contributed by atoms with Crippen molar-refractivity contribution in [2.24, 2.45) is 0 Å². The molecule has 134 valence electrons. The molecule has 8 heteroatoms. The van der Waals surface area contributed by atoms with Crippen molar-refractivity contribution in [1.82, 2.24) is 0 Å². The molecule has 6 nitrogen and oxygen atoms in total. The molecule has 0 amide bonds. The van der Waals surface area contributed by atoms with Crippen molar-refractivity contribution in [3.63, 3.8) is 0 Å². The topological polar surface area (TPSA) is 83.0 Å². The Morgan fingerprint density at radius 3 is 1.21 bits per heavy atom. The maximum absolute atomic E-state index is 10.2. The average molecular weight is 366 g/mol. The summed E-state index contributed by atoms with van der Waals surface area (Å²) in [7, 11) is 0. The minimum absolute atomic E-state index is 0. The van der Waals surface area contributed by atoms with Gasteiger partial charge < -0.3 is 29.2 Å². The summed E-state index contributed by atoms with van der Waals surface area (Å²) in [5, 5.41) is 20.3. The Kier molecular flexibility index (Phi) is 37.5. The number of hydrogen-bond acceptors (Lipinski definition) is 6. The van der Waals surface area contributed by atoms with E-state index in [9.17, 15) is 10.2 Å². The van der Waals surface area contributed by atoms with E-state index in [4.69, 9.17) is 18.9 Å². The minimum atomic E-state index is -0.204. The third kappa shape index (κ3) is 28.6. The fourth-order valence-electron chi connectivity index (χ4n) is 1.83. The molecule has 0 atom stereocenters. The van der Waals surface area contributed by atoms with Crippen LogP contribution in [0.4, 0.5) is 0 Å². The molecule has 0 aliphatic heterocycles. The molecule has 0 radical (unpaired) electrons. The van der Waals surface area contributed by atoms with Gasteiger partial charge >= 0.3 is 59.1 Å². The zero-order valence-electron chi connectivity index (χ0n) is 15.8. The number of ether oxygens (including phenoxy) is 4.